The van der Waals surface area contributed by atoms with Crippen molar-refractivity contribution in [1.29, 1.82) is 0 Å². The van der Waals surface area contributed by atoms with Crippen molar-refractivity contribution in [1.82, 2.24) is 0 Å². The molecule has 314 valence electrons. The average Bonchev–Trinajstić information content (AvgIpc) is 3.17. The van der Waals surface area contributed by atoms with Crippen LogP contribution in [0.1, 0.15) is 78.9 Å². The van der Waals surface area contributed by atoms with E-state index in [2.05, 4.69) is 103 Å². The van der Waals surface area contributed by atoms with Gasteiger partial charge in [0.25, 0.3) is 8.32 Å². The maximum atomic E-state index is 13.6. The van der Waals surface area contributed by atoms with Crippen LogP contribution in [0.2, 0.25) is 23.2 Å². The maximum Gasteiger partial charge on any atom is 0.261 e. The van der Waals surface area contributed by atoms with Crippen LogP contribution in [-0.2, 0) is 36.3 Å². The Balaban J connectivity index is 1.60. The summed E-state index contributed by atoms with van der Waals surface area (Å²) in [5.74, 6) is 0.610. The molecule has 0 aliphatic rings. The van der Waals surface area contributed by atoms with Crippen LogP contribution in [0.4, 0.5) is 0 Å². The molecule has 7 nitrogen and oxygen atoms in total. The van der Waals surface area contributed by atoms with Gasteiger partial charge in [-0.25, -0.2) is 0 Å². The van der Waals surface area contributed by atoms with Crippen molar-refractivity contribution >= 4 is 32.8 Å². The third-order valence-electron chi connectivity index (χ3n) is 11.3. The summed E-state index contributed by atoms with van der Waals surface area (Å²) in [4.78, 5) is 13.6. The molecule has 4 rings (SSSR count). The number of aliphatic hydroxyl groups is 1. The van der Waals surface area contributed by atoms with E-state index >= 15 is 0 Å². The number of rotatable bonds is 22. The molecule has 0 amide bonds. The van der Waals surface area contributed by atoms with Gasteiger partial charge in [0.15, 0.2) is 14.1 Å². The van der Waals surface area contributed by atoms with Crippen LogP contribution in [-0.4, -0.2) is 65.7 Å². The number of hydrogen-bond donors (Lipinski definition) is 1. The molecule has 4 aromatic rings. The van der Waals surface area contributed by atoms with E-state index in [4.69, 9.17) is 23.1 Å². The number of carbonyl (C=O) groups excluding carboxylic acids is 1. The summed E-state index contributed by atoms with van der Waals surface area (Å²) in [6.07, 6.45) is 2.85. The summed E-state index contributed by atoms with van der Waals surface area (Å²) in [6, 6.07) is 38.9. The fourth-order valence-electron chi connectivity index (χ4n) is 7.15. The van der Waals surface area contributed by atoms with Crippen LogP contribution in [0.15, 0.2) is 127 Å². The summed E-state index contributed by atoms with van der Waals surface area (Å²) >= 11 is 0. The number of ether oxygens (including phenoxy) is 3. The largest absolute Gasteiger partial charge is 0.497 e. The Morgan fingerprint density at radius 1 is 0.707 bits per heavy atom. The van der Waals surface area contributed by atoms with Crippen molar-refractivity contribution in [2.24, 2.45) is 0 Å². The van der Waals surface area contributed by atoms with Crippen LogP contribution in [0.3, 0.4) is 0 Å². The molecule has 0 aliphatic carbocycles. The van der Waals surface area contributed by atoms with Crippen molar-refractivity contribution in [3.63, 3.8) is 0 Å². The summed E-state index contributed by atoms with van der Waals surface area (Å²) < 4.78 is 32.4. The van der Waals surface area contributed by atoms with Gasteiger partial charge in [0.1, 0.15) is 11.9 Å². The molecule has 3 atom stereocenters. The predicted octanol–water partition coefficient (Wildman–Crippen LogP) is 9.81. The highest BCUT2D eigenvalue weighted by Gasteiger charge is 2.51. The van der Waals surface area contributed by atoms with Crippen molar-refractivity contribution in [2.75, 3.05) is 20.3 Å². The highest BCUT2D eigenvalue weighted by Crippen LogP contribution is 2.41. The predicted molar refractivity (Wildman–Crippen MR) is 242 cm³/mol. The summed E-state index contributed by atoms with van der Waals surface area (Å²) in [5, 5.41) is 14.5. The Hall–Kier alpha value is -3.68. The molecular weight excluding hydrogens is 757 g/mol. The van der Waals surface area contributed by atoms with Gasteiger partial charge < -0.3 is 28.2 Å². The fourth-order valence-corrected chi connectivity index (χ4v) is 13.1. The van der Waals surface area contributed by atoms with Gasteiger partial charge in [-0.3, -0.25) is 4.79 Å². The van der Waals surface area contributed by atoms with Gasteiger partial charge in [0, 0.05) is 13.0 Å². The SMILES string of the molecule is COc1ccc(COCC/C=C/C(=O)C[C@@](C)(O)[C@@H](OCc2ccccc2)[C@H](CCO[Si](c2ccccc2)(c2ccccc2)C(C)(C)C)O[Si](C)(C)C(C)(C)C)cc1. The lowest BCUT2D eigenvalue weighted by molar-refractivity contribution is -0.158. The average molecular weight is 825 g/mol. The minimum Gasteiger partial charge on any atom is -0.497 e. The molecule has 0 spiro atoms. The Morgan fingerprint density at radius 3 is 1.76 bits per heavy atom. The Labute approximate surface area is 351 Å². The molecule has 0 saturated carbocycles. The second-order valence-corrected chi connectivity index (χ2v) is 27.1. The number of benzene rings is 4. The van der Waals surface area contributed by atoms with E-state index in [1.165, 1.54) is 10.4 Å². The first kappa shape index (κ1) is 47.0. The summed E-state index contributed by atoms with van der Waals surface area (Å²) in [7, 11) is -3.66. The molecule has 1 N–H and O–H groups in total. The third kappa shape index (κ3) is 12.9. The van der Waals surface area contributed by atoms with Crippen molar-refractivity contribution in [3.8, 4) is 5.75 Å². The zero-order valence-electron chi connectivity index (χ0n) is 36.6. The first-order valence-electron chi connectivity index (χ1n) is 20.6. The van der Waals surface area contributed by atoms with Gasteiger partial charge >= 0.3 is 0 Å². The second-order valence-electron chi connectivity index (χ2n) is 18.0. The van der Waals surface area contributed by atoms with Gasteiger partial charge in [-0.15, -0.1) is 0 Å². The zero-order chi connectivity index (χ0) is 42.5. The van der Waals surface area contributed by atoms with Crippen molar-refractivity contribution in [2.45, 2.75) is 122 Å². The molecule has 4 aromatic carbocycles. The van der Waals surface area contributed by atoms with Crippen molar-refractivity contribution in [3.05, 3.63) is 139 Å². The molecule has 0 bridgehead atoms. The van der Waals surface area contributed by atoms with E-state index in [1.54, 1.807) is 20.1 Å². The molecule has 0 radical (unpaired) electrons. The van der Waals surface area contributed by atoms with E-state index in [0.717, 1.165) is 16.9 Å². The molecule has 0 saturated heterocycles. The lowest BCUT2D eigenvalue weighted by Crippen LogP contribution is -2.66. The molecule has 0 aromatic heterocycles. The molecule has 0 unspecified atom stereocenters. The van der Waals surface area contributed by atoms with Crippen LogP contribution in [0.5, 0.6) is 5.75 Å². The first-order chi connectivity index (χ1) is 27.4. The van der Waals surface area contributed by atoms with Gasteiger partial charge in [0.05, 0.1) is 38.6 Å². The minimum atomic E-state index is -2.86. The molecule has 0 heterocycles. The standard InChI is InChI=1S/C49H68O7Si2/c1-47(2,3)57(9,10)56-45(33-35-55-58(48(4,5)6,43-25-16-12-17-26-43)44-27-18-13-19-28-44)46(54-38-39-22-14-11-15-23-39)49(7,51)36-41(50)24-20-21-34-53-37-40-29-31-42(52-8)32-30-40/h11-20,22-32,45-46,51H,21,33-38H2,1-10H3/b24-20+/t45-,46-,49+/m0/s1. The van der Waals surface area contributed by atoms with E-state index in [1.807, 2.05) is 72.8 Å². The Morgan fingerprint density at radius 2 is 1.24 bits per heavy atom. The van der Waals surface area contributed by atoms with Gasteiger partial charge in [-0.2, -0.15) is 0 Å². The molecule has 0 fully saturated rings. The maximum absolute atomic E-state index is 13.6. The third-order valence-corrected chi connectivity index (χ3v) is 20.9. The van der Waals surface area contributed by atoms with E-state index in [0.29, 0.717) is 32.7 Å². The number of methoxy groups -OCH3 is 1. The van der Waals surface area contributed by atoms with Crippen LogP contribution in [0.25, 0.3) is 0 Å². The van der Waals surface area contributed by atoms with E-state index in [-0.39, 0.29) is 28.9 Å². The topological polar surface area (TPSA) is 83.5 Å². The van der Waals surface area contributed by atoms with Gasteiger partial charge in [0.2, 0.25) is 0 Å². The fraction of sp³-hybridized carbons (Fsp3) is 0.449. The summed E-state index contributed by atoms with van der Waals surface area (Å²) in [5.41, 5.74) is 0.453. The Kier molecular flexibility index (Phi) is 17.0. The van der Waals surface area contributed by atoms with Crippen LogP contribution < -0.4 is 15.1 Å². The smallest absolute Gasteiger partial charge is 0.261 e. The highest BCUT2D eigenvalue weighted by atomic mass is 28.4. The number of ketones is 1. The van der Waals surface area contributed by atoms with E-state index < -0.39 is 34.4 Å². The van der Waals surface area contributed by atoms with Crippen LogP contribution >= 0.6 is 0 Å². The lowest BCUT2D eigenvalue weighted by atomic mass is 9.88. The minimum absolute atomic E-state index is 0.117. The normalized spacial score (nSPS) is 14.9. The highest BCUT2D eigenvalue weighted by molar-refractivity contribution is 6.99. The Bertz CT molecular complexity index is 1790. The van der Waals surface area contributed by atoms with Crippen LogP contribution in [0, 0.1) is 0 Å². The van der Waals surface area contributed by atoms with E-state index in [9.17, 15) is 9.90 Å². The number of allylic oxidation sites excluding steroid dienone is 1. The van der Waals surface area contributed by atoms with Crippen molar-refractivity contribution < 1.29 is 33.0 Å². The van der Waals surface area contributed by atoms with Gasteiger partial charge in [-0.1, -0.05) is 151 Å². The molecule has 58 heavy (non-hydrogen) atoms. The molecule has 0 aliphatic heterocycles. The molecule has 9 heteroatoms. The van der Waals surface area contributed by atoms with Gasteiger partial charge in [-0.05, 0) is 82.6 Å². The first-order valence-corrected chi connectivity index (χ1v) is 25.4. The quantitative estimate of drug-likeness (QED) is 0.0480. The second kappa shape index (κ2) is 21.0. The number of carbonyl (C=O) groups is 1. The summed E-state index contributed by atoms with van der Waals surface area (Å²) in [6.45, 7) is 21.1. The zero-order valence-corrected chi connectivity index (χ0v) is 38.6. The molecular formula is C49H68O7Si2. The lowest BCUT2D eigenvalue weighted by Gasteiger charge is -2.46. The number of hydrogen-bond acceptors (Lipinski definition) is 7. The monoisotopic (exact) mass is 824 g/mol.